The third-order valence-electron chi connectivity index (χ3n) is 3.64. The Morgan fingerprint density at radius 1 is 0.815 bits per heavy atom. The molecule has 2 aromatic carbocycles. The van der Waals surface area contributed by atoms with Crippen LogP contribution < -0.4 is 20.7 Å². The Hall–Kier alpha value is -3.06. The molecule has 0 aliphatic rings. The first-order valence-corrected chi connectivity index (χ1v) is 8.76. The van der Waals surface area contributed by atoms with E-state index in [-0.39, 0.29) is 18.4 Å². The second-order valence-corrected chi connectivity index (χ2v) is 5.75. The third-order valence-corrected chi connectivity index (χ3v) is 3.64. The molecule has 27 heavy (non-hydrogen) atoms. The zero-order chi connectivity index (χ0) is 19.5. The average molecular weight is 371 g/mol. The molecular weight excluding hydrogens is 346 g/mol. The van der Waals surface area contributed by atoms with Crippen LogP contribution in [0.1, 0.15) is 13.3 Å². The molecule has 2 rings (SSSR count). The maximum Gasteiger partial charge on any atom is 0.243 e. The van der Waals surface area contributed by atoms with E-state index in [2.05, 4.69) is 16.0 Å². The summed E-state index contributed by atoms with van der Waals surface area (Å²) in [5.41, 5.74) is 2.21. The van der Waals surface area contributed by atoms with Crippen LogP contribution in [0.15, 0.2) is 48.5 Å². The van der Waals surface area contributed by atoms with Gasteiger partial charge in [-0.05, 0) is 48.5 Å². The number of carbonyl (C=O) groups excluding carboxylic acids is 2. The number of ether oxygens (including phenoxy) is 2. The normalized spacial score (nSPS) is 10.1. The summed E-state index contributed by atoms with van der Waals surface area (Å²) in [6.45, 7) is 2.93. The average Bonchev–Trinajstić information content (AvgIpc) is 2.69. The molecule has 2 aromatic rings. The van der Waals surface area contributed by atoms with Gasteiger partial charge in [-0.3, -0.25) is 9.59 Å². The third kappa shape index (κ3) is 7.37. The molecule has 7 heteroatoms. The Morgan fingerprint density at radius 2 is 1.37 bits per heavy atom. The predicted molar refractivity (Wildman–Crippen MR) is 106 cm³/mol. The molecule has 144 valence electrons. The van der Waals surface area contributed by atoms with Crippen LogP contribution >= 0.6 is 0 Å². The number of anilines is 3. The SMILES string of the molecule is CCC(=O)Nc1ccc(NCC(=O)Nc2ccc(OCCOC)cc2)cc1. The van der Waals surface area contributed by atoms with Crippen molar-refractivity contribution in [3.63, 3.8) is 0 Å². The molecule has 2 amide bonds. The minimum atomic E-state index is -0.161. The first-order chi connectivity index (χ1) is 13.1. The van der Waals surface area contributed by atoms with Gasteiger partial charge in [-0.2, -0.15) is 0 Å². The minimum Gasteiger partial charge on any atom is -0.491 e. The van der Waals surface area contributed by atoms with Gasteiger partial charge in [0.25, 0.3) is 0 Å². The quantitative estimate of drug-likeness (QED) is 0.559. The van der Waals surface area contributed by atoms with Crippen LogP contribution in [0.3, 0.4) is 0 Å². The lowest BCUT2D eigenvalue weighted by Crippen LogP contribution is -2.21. The molecule has 0 bridgehead atoms. The summed E-state index contributed by atoms with van der Waals surface area (Å²) in [7, 11) is 1.62. The van der Waals surface area contributed by atoms with Crippen molar-refractivity contribution in [3.8, 4) is 5.75 Å². The molecule has 0 aromatic heterocycles. The standard InChI is InChI=1S/C20H25N3O4/c1-3-19(24)22-16-6-4-15(5-7-16)21-14-20(25)23-17-8-10-18(11-9-17)27-13-12-26-2/h4-11,21H,3,12-14H2,1-2H3,(H,22,24)(H,23,25). The number of methoxy groups -OCH3 is 1. The van der Waals surface area contributed by atoms with Crippen LogP contribution in [0.2, 0.25) is 0 Å². The van der Waals surface area contributed by atoms with Gasteiger partial charge in [-0.1, -0.05) is 6.92 Å². The van der Waals surface area contributed by atoms with Crippen molar-refractivity contribution in [1.82, 2.24) is 0 Å². The maximum absolute atomic E-state index is 12.1. The summed E-state index contributed by atoms with van der Waals surface area (Å²) in [5.74, 6) is 0.523. The van der Waals surface area contributed by atoms with E-state index in [0.717, 1.165) is 17.1 Å². The first kappa shape index (κ1) is 20.3. The molecule has 0 saturated carbocycles. The Labute approximate surface area is 159 Å². The summed E-state index contributed by atoms with van der Waals surface area (Å²) in [6, 6.07) is 14.3. The summed E-state index contributed by atoms with van der Waals surface area (Å²) in [6.07, 6.45) is 0.431. The van der Waals surface area contributed by atoms with E-state index in [1.165, 1.54) is 0 Å². The topological polar surface area (TPSA) is 88.7 Å². The molecule has 0 radical (unpaired) electrons. The van der Waals surface area contributed by atoms with Crippen molar-refractivity contribution < 1.29 is 19.1 Å². The summed E-state index contributed by atoms with van der Waals surface area (Å²) in [5, 5.41) is 8.63. The Bertz CT molecular complexity index is 730. The molecule has 3 N–H and O–H groups in total. The van der Waals surface area contributed by atoms with Gasteiger partial charge in [0.15, 0.2) is 0 Å². The fourth-order valence-corrected chi connectivity index (χ4v) is 2.19. The molecule has 0 fully saturated rings. The van der Waals surface area contributed by atoms with E-state index < -0.39 is 0 Å². The van der Waals surface area contributed by atoms with Crippen LogP contribution in [0.5, 0.6) is 5.75 Å². The van der Waals surface area contributed by atoms with Crippen LogP contribution in [-0.2, 0) is 14.3 Å². The molecule has 7 nitrogen and oxygen atoms in total. The van der Waals surface area contributed by atoms with Gasteiger partial charge in [-0.25, -0.2) is 0 Å². The second-order valence-electron chi connectivity index (χ2n) is 5.75. The van der Waals surface area contributed by atoms with Gasteiger partial charge in [0.1, 0.15) is 12.4 Å². The fraction of sp³-hybridized carbons (Fsp3) is 0.300. The number of nitrogens with one attached hydrogen (secondary N) is 3. The lowest BCUT2D eigenvalue weighted by atomic mass is 10.2. The maximum atomic E-state index is 12.1. The van der Waals surface area contributed by atoms with Gasteiger partial charge in [0.2, 0.25) is 11.8 Å². The zero-order valence-corrected chi connectivity index (χ0v) is 15.6. The number of benzene rings is 2. The van der Waals surface area contributed by atoms with Crippen molar-refractivity contribution in [2.24, 2.45) is 0 Å². The van der Waals surface area contributed by atoms with Crippen LogP contribution in [0.25, 0.3) is 0 Å². The number of amides is 2. The van der Waals surface area contributed by atoms with Crippen LogP contribution in [-0.4, -0.2) is 38.7 Å². The predicted octanol–water partition coefficient (Wildman–Crippen LogP) is 3.11. The lowest BCUT2D eigenvalue weighted by Gasteiger charge is -2.10. The molecule has 0 heterocycles. The van der Waals surface area contributed by atoms with Crippen LogP contribution in [0, 0.1) is 0 Å². The fourth-order valence-electron chi connectivity index (χ4n) is 2.19. The molecular formula is C20H25N3O4. The summed E-state index contributed by atoms with van der Waals surface area (Å²) >= 11 is 0. The molecule has 0 atom stereocenters. The number of carbonyl (C=O) groups is 2. The second kappa shape index (κ2) is 10.8. The highest BCUT2D eigenvalue weighted by atomic mass is 16.5. The van der Waals surface area contributed by atoms with Gasteiger partial charge in [0, 0.05) is 30.6 Å². The smallest absolute Gasteiger partial charge is 0.243 e. The van der Waals surface area contributed by atoms with E-state index >= 15 is 0 Å². The van der Waals surface area contributed by atoms with Crippen LogP contribution in [0.4, 0.5) is 17.1 Å². The first-order valence-electron chi connectivity index (χ1n) is 8.76. The number of hydrogen-bond donors (Lipinski definition) is 3. The minimum absolute atomic E-state index is 0.0368. The Morgan fingerprint density at radius 3 is 1.96 bits per heavy atom. The van der Waals surface area contributed by atoms with Crippen molar-refractivity contribution in [2.75, 3.05) is 42.8 Å². The summed E-state index contributed by atoms with van der Waals surface area (Å²) < 4.78 is 10.4. The monoisotopic (exact) mass is 371 g/mol. The van der Waals surface area contributed by atoms with Gasteiger partial charge >= 0.3 is 0 Å². The van der Waals surface area contributed by atoms with E-state index in [1.54, 1.807) is 50.4 Å². The molecule has 0 aliphatic heterocycles. The van der Waals surface area contributed by atoms with Gasteiger partial charge in [-0.15, -0.1) is 0 Å². The highest BCUT2D eigenvalue weighted by molar-refractivity contribution is 5.94. The van der Waals surface area contributed by atoms with Crippen molar-refractivity contribution >= 4 is 28.9 Å². The van der Waals surface area contributed by atoms with Crippen molar-refractivity contribution in [1.29, 1.82) is 0 Å². The molecule has 0 unspecified atom stereocenters. The highest BCUT2D eigenvalue weighted by Crippen LogP contribution is 2.16. The highest BCUT2D eigenvalue weighted by Gasteiger charge is 2.04. The number of hydrogen-bond acceptors (Lipinski definition) is 5. The van der Waals surface area contributed by atoms with E-state index in [9.17, 15) is 9.59 Å². The lowest BCUT2D eigenvalue weighted by molar-refractivity contribution is -0.116. The van der Waals surface area contributed by atoms with E-state index in [0.29, 0.717) is 25.3 Å². The van der Waals surface area contributed by atoms with Crippen molar-refractivity contribution in [3.05, 3.63) is 48.5 Å². The van der Waals surface area contributed by atoms with E-state index in [1.807, 2.05) is 12.1 Å². The zero-order valence-electron chi connectivity index (χ0n) is 15.6. The molecule has 0 saturated heterocycles. The van der Waals surface area contributed by atoms with Gasteiger partial charge in [0.05, 0.1) is 13.2 Å². The Balaban J connectivity index is 1.76. The Kier molecular flexibility index (Phi) is 8.12. The van der Waals surface area contributed by atoms with E-state index in [4.69, 9.17) is 9.47 Å². The molecule has 0 aliphatic carbocycles. The number of rotatable bonds is 10. The molecule has 0 spiro atoms. The van der Waals surface area contributed by atoms with Crippen molar-refractivity contribution in [2.45, 2.75) is 13.3 Å². The largest absolute Gasteiger partial charge is 0.491 e. The van der Waals surface area contributed by atoms with Gasteiger partial charge < -0.3 is 25.4 Å². The summed E-state index contributed by atoms with van der Waals surface area (Å²) in [4.78, 5) is 23.4.